The first-order chi connectivity index (χ1) is 9.20. The zero-order valence-corrected chi connectivity index (χ0v) is 12.2. The van der Waals surface area contributed by atoms with Gasteiger partial charge in [-0.3, -0.25) is 4.79 Å². The van der Waals surface area contributed by atoms with E-state index in [1.807, 2.05) is 37.3 Å². The molecule has 1 saturated carbocycles. The van der Waals surface area contributed by atoms with Gasteiger partial charge in [-0.05, 0) is 37.3 Å². The molecule has 0 bridgehead atoms. The van der Waals surface area contributed by atoms with E-state index in [1.54, 1.807) is 11.8 Å². The van der Waals surface area contributed by atoms with E-state index in [4.69, 9.17) is 5.73 Å². The average Bonchev–Trinajstić information content (AvgIpc) is 3.27. The van der Waals surface area contributed by atoms with E-state index in [-0.39, 0.29) is 17.2 Å². The molecule has 104 valence electrons. The molecule has 0 aliphatic heterocycles. The van der Waals surface area contributed by atoms with Crippen LogP contribution in [-0.2, 0) is 4.79 Å². The Kier molecular flexibility index (Phi) is 5.28. The van der Waals surface area contributed by atoms with Crippen LogP contribution in [0, 0.1) is 5.92 Å². The minimum atomic E-state index is -0.0335. The summed E-state index contributed by atoms with van der Waals surface area (Å²) >= 11 is 1.62. The molecule has 1 aromatic rings. The van der Waals surface area contributed by atoms with E-state index >= 15 is 0 Å². The van der Waals surface area contributed by atoms with Crippen molar-refractivity contribution in [3.63, 3.8) is 0 Å². The molecule has 0 aromatic heterocycles. The molecule has 3 nitrogen and oxygen atoms in total. The average molecular weight is 278 g/mol. The molecule has 1 aromatic carbocycles. The molecule has 0 heterocycles. The largest absolute Gasteiger partial charge is 0.354 e. The summed E-state index contributed by atoms with van der Waals surface area (Å²) in [5, 5.41) is 2.96. The first-order valence-electron chi connectivity index (χ1n) is 6.95. The molecule has 2 rings (SSSR count). The van der Waals surface area contributed by atoms with Gasteiger partial charge >= 0.3 is 0 Å². The number of nitrogens with two attached hydrogens (primary N) is 1. The maximum absolute atomic E-state index is 12.1. The molecule has 0 spiro atoms. The quantitative estimate of drug-likeness (QED) is 0.753. The summed E-state index contributed by atoms with van der Waals surface area (Å²) in [6.07, 6.45) is 3.25. The van der Waals surface area contributed by atoms with Gasteiger partial charge in [0.25, 0.3) is 0 Å². The van der Waals surface area contributed by atoms with Gasteiger partial charge in [-0.1, -0.05) is 25.1 Å². The second kappa shape index (κ2) is 6.96. The highest BCUT2D eigenvalue weighted by molar-refractivity contribution is 8.00. The van der Waals surface area contributed by atoms with Crippen LogP contribution in [0.15, 0.2) is 35.2 Å². The molecule has 1 fully saturated rings. The van der Waals surface area contributed by atoms with Crippen molar-refractivity contribution in [2.75, 3.05) is 6.54 Å². The van der Waals surface area contributed by atoms with Crippen molar-refractivity contribution < 1.29 is 4.79 Å². The summed E-state index contributed by atoms with van der Waals surface area (Å²) in [4.78, 5) is 13.3. The highest BCUT2D eigenvalue weighted by atomic mass is 32.2. The maximum atomic E-state index is 12.1. The summed E-state index contributed by atoms with van der Waals surface area (Å²) in [6.45, 7) is 2.65. The van der Waals surface area contributed by atoms with Crippen molar-refractivity contribution in [3.05, 3.63) is 30.3 Å². The minimum Gasteiger partial charge on any atom is -0.354 e. The van der Waals surface area contributed by atoms with Crippen LogP contribution in [0.1, 0.15) is 26.2 Å². The van der Waals surface area contributed by atoms with Crippen LogP contribution >= 0.6 is 11.8 Å². The molecule has 1 aliphatic rings. The SMILES string of the molecule is CCC(Sc1ccccc1)C(=O)NCC(N)C1CC1. The van der Waals surface area contributed by atoms with Crippen LogP contribution in [0.2, 0.25) is 0 Å². The zero-order valence-electron chi connectivity index (χ0n) is 11.3. The Hall–Kier alpha value is -1.00. The van der Waals surface area contributed by atoms with Crippen molar-refractivity contribution in [1.82, 2.24) is 5.32 Å². The van der Waals surface area contributed by atoms with E-state index in [9.17, 15) is 4.79 Å². The van der Waals surface area contributed by atoms with Crippen LogP contribution in [0.25, 0.3) is 0 Å². The Bertz CT molecular complexity index is 406. The minimum absolute atomic E-state index is 0.0335. The first-order valence-corrected chi connectivity index (χ1v) is 7.83. The first kappa shape index (κ1) is 14.4. The Morgan fingerprint density at radius 1 is 1.42 bits per heavy atom. The van der Waals surface area contributed by atoms with Crippen LogP contribution in [0.4, 0.5) is 0 Å². The van der Waals surface area contributed by atoms with Gasteiger partial charge in [0.1, 0.15) is 0 Å². The third-order valence-corrected chi connectivity index (χ3v) is 4.80. The number of amides is 1. The summed E-state index contributed by atoms with van der Waals surface area (Å²) in [7, 11) is 0. The Morgan fingerprint density at radius 2 is 2.11 bits per heavy atom. The van der Waals surface area contributed by atoms with Crippen molar-refractivity contribution in [2.24, 2.45) is 11.7 Å². The van der Waals surface area contributed by atoms with Crippen LogP contribution in [0.3, 0.4) is 0 Å². The smallest absolute Gasteiger partial charge is 0.233 e. The Labute approximate surface area is 119 Å². The molecule has 2 unspecified atom stereocenters. The van der Waals surface area contributed by atoms with E-state index in [2.05, 4.69) is 5.32 Å². The molecule has 4 heteroatoms. The van der Waals surface area contributed by atoms with Crippen molar-refractivity contribution in [1.29, 1.82) is 0 Å². The van der Waals surface area contributed by atoms with Gasteiger partial charge in [-0.2, -0.15) is 0 Å². The van der Waals surface area contributed by atoms with Gasteiger partial charge < -0.3 is 11.1 Å². The van der Waals surface area contributed by atoms with Gasteiger partial charge in [0.05, 0.1) is 5.25 Å². The van der Waals surface area contributed by atoms with E-state index < -0.39 is 0 Å². The number of benzene rings is 1. The molecule has 1 aliphatic carbocycles. The predicted molar refractivity (Wildman–Crippen MR) is 80.1 cm³/mol. The molecular formula is C15H22N2OS. The summed E-state index contributed by atoms with van der Waals surface area (Å²) in [5.41, 5.74) is 6.00. The van der Waals surface area contributed by atoms with Crippen LogP contribution in [0.5, 0.6) is 0 Å². The van der Waals surface area contributed by atoms with E-state index in [1.165, 1.54) is 12.8 Å². The monoisotopic (exact) mass is 278 g/mol. The van der Waals surface area contributed by atoms with Crippen molar-refractivity contribution in [3.8, 4) is 0 Å². The summed E-state index contributed by atoms with van der Waals surface area (Å²) < 4.78 is 0. The third-order valence-electron chi connectivity index (χ3n) is 3.42. The lowest BCUT2D eigenvalue weighted by atomic mass is 10.2. The lowest BCUT2D eigenvalue weighted by molar-refractivity contribution is -0.120. The van der Waals surface area contributed by atoms with Gasteiger partial charge in [-0.25, -0.2) is 0 Å². The summed E-state index contributed by atoms with van der Waals surface area (Å²) in [5.74, 6) is 0.731. The van der Waals surface area contributed by atoms with Crippen LogP contribution in [-0.4, -0.2) is 23.7 Å². The summed E-state index contributed by atoms with van der Waals surface area (Å²) in [6, 6.07) is 10.2. The van der Waals surface area contributed by atoms with Crippen molar-refractivity contribution >= 4 is 17.7 Å². The van der Waals surface area contributed by atoms with E-state index in [0.717, 1.165) is 11.3 Å². The van der Waals surface area contributed by atoms with Crippen molar-refractivity contribution in [2.45, 2.75) is 42.4 Å². The standard InChI is InChI=1S/C15H22N2OS/c1-2-14(19-12-6-4-3-5-7-12)15(18)17-10-13(16)11-8-9-11/h3-7,11,13-14H,2,8-10,16H2,1H3,(H,17,18). The van der Waals surface area contributed by atoms with E-state index in [0.29, 0.717) is 12.5 Å². The number of carbonyl (C=O) groups excluding carboxylic acids is 1. The second-order valence-electron chi connectivity index (χ2n) is 5.07. The molecule has 0 saturated heterocycles. The second-order valence-corrected chi connectivity index (χ2v) is 6.35. The number of hydrogen-bond acceptors (Lipinski definition) is 3. The number of thioether (sulfide) groups is 1. The fraction of sp³-hybridized carbons (Fsp3) is 0.533. The predicted octanol–water partition coefficient (Wildman–Crippen LogP) is 2.41. The number of hydrogen-bond donors (Lipinski definition) is 2. The molecule has 3 N–H and O–H groups in total. The zero-order chi connectivity index (χ0) is 13.7. The molecule has 19 heavy (non-hydrogen) atoms. The van der Waals surface area contributed by atoms with Gasteiger partial charge in [0.15, 0.2) is 0 Å². The molecule has 1 amide bonds. The Morgan fingerprint density at radius 3 is 2.68 bits per heavy atom. The normalized spacial score (nSPS) is 17.8. The number of carbonyl (C=O) groups is 1. The van der Waals surface area contributed by atoms with Crippen LogP contribution < -0.4 is 11.1 Å². The topological polar surface area (TPSA) is 55.1 Å². The number of nitrogens with one attached hydrogen (secondary N) is 1. The lowest BCUT2D eigenvalue weighted by Gasteiger charge is -2.17. The molecular weight excluding hydrogens is 256 g/mol. The molecule has 0 radical (unpaired) electrons. The fourth-order valence-electron chi connectivity index (χ4n) is 2.01. The van der Waals surface area contributed by atoms with Gasteiger partial charge in [0, 0.05) is 17.5 Å². The Balaban J connectivity index is 1.80. The fourth-order valence-corrected chi connectivity index (χ4v) is 3.01. The lowest BCUT2D eigenvalue weighted by Crippen LogP contribution is -2.41. The maximum Gasteiger partial charge on any atom is 0.233 e. The highest BCUT2D eigenvalue weighted by Crippen LogP contribution is 2.31. The molecule has 2 atom stereocenters. The van der Waals surface area contributed by atoms with Gasteiger partial charge in [-0.15, -0.1) is 11.8 Å². The number of rotatable bonds is 7. The highest BCUT2D eigenvalue weighted by Gasteiger charge is 2.29. The van der Waals surface area contributed by atoms with Gasteiger partial charge in [0.2, 0.25) is 5.91 Å². The third kappa shape index (κ3) is 4.55.